The van der Waals surface area contributed by atoms with Crippen LogP contribution < -0.4 is 10.5 Å². The van der Waals surface area contributed by atoms with Crippen LogP contribution in [0.3, 0.4) is 0 Å². The van der Waals surface area contributed by atoms with Gasteiger partial charge in [-0.2, -0.15) is 4.98 Å². The van der Waals surface area contributed by atoms with E-state index in [4.69, 9.17) is 10.5 Å². The van der Waals surface area contributed by atoms with E-state index in [2.05, 4.69) is 15.0 Å². The van der Waals surface area contributed by atoms with E-state index in [1.54, 1.807) is 0 Å². The number of aromatic nitrogens is 2. The zero-order valence-electron chi connectivity index (χ0n) is 9.87. The highest BCUT2D eigenvalue weighted by molar-refractivity contribution is 6.06. The van der Waals surface area contributed by atoms with E-state index >= 15 is 0 Å². The van der Waals surface area contributed by atoms with Gasteiger partial charge in [0.2, 0.25) is 5.88 Å². The fourth-order valence-electron chi connectivity index (χ4n) is 1.91. The van der Waals surface area contributed by atoms with Gasteiger partial charge >= 0.3 is 0 Å². The molecule has 5 nitrogen and oxygen atoms in total. The minimum atomic E-state index is -0.158. The fourth-order valence-corrected chi connectivity index (χ4v) is 1.91. The lowest BCUT2D eigenvalue weighted by molar-refractivity contribution is 0.272. The SMILES string of the molecule is CC1Oc2ncnc(N)c2N=C1c1ccccc1. The average molecular weight is 240 g/mol. The summed E-state index contributed by atoms with van der Waals surface area (Å²) in [7, 11) is 0. The summed E-state index contributed by atoms with van der Waals surface area (Å²) < 4.78 is 5.72. The van der Waals surface area contributed by atoms with Crippen LogP contribution in [-0.2, 0) is 0 Å². The molecular formula is C13H12N4O. The minimum Gasteiger partial charge on any atom is -0.466 e. The molecule has 0 radical (unpaired) electrons. The number of hydrogen-bond acceptors (Lipinski definition) is 5. The van der Waals surface area contributed by atoms with Crippen molar-refractivity contribution in [3.05, 3.63) is 42.2 Å². The summed E-state index contributed by atoms with van der Waals surface area (Å²) in [4.78, 5) is 12.5. The van der Waals surface area contributed by atoms with Crippen LogP contribution in [0.1, 0.15) is 12.5 Å². The van der Waals surface area contributed by atoms with Crippen molar-refractivity contribution in [2.24, 2.45) is 4.99 Å². The predicted octanol–water partition coefficient (Wildman–Crippen LogP) is 1.96. The molecule has 0 spiro atoms. The Hall–Kier alpha value is -2.43. The lowest BCUT2D eigenvalue weighted by Crippen LogP contribution is -2.28. The number of nitrogens with two attached hydrogens (primary N) is 1. The van der Waals surface area contributed by atoms with Crippen LogP contribution in [0, 0.1) is 0 Å². The Labute approximate surface area is 104 Å². The number of nitrogens with zero attached hydrogens (tertiary/aromatic N) is 3. The third-order valence-corrected chi connectivity index (χ3v) is 2.79. The Bertz CT molecular complexity index is 610. The van der Waals surface area contributed by atoms with E-state index in [0.717, 1.165) is 11.3 Å². The van der Waals surface area contributed by atoms with Crippen LogP contribution >= 0.6 is 0 Å². The van der Waals surface area contributed by atoms with Crippen LogP contribution in [0.15, 0.2) is 41.7 Å². The summed E-state index contributed by atoms with van der Waals surface area (Å²) in [6.45, 7) is 1.94. The molecule has 1 aromatic carbocycles. The maximum Gasteiger partial charge on any atom is 0.246 e. The quantitative estimate of drug-likeness (QED) is 0.826. The van der Waals surface area contributed by atoms with Crippen molar-refractivity contribution >= 4 is 17.2 Å². The number of ether oxygens (including phenoxy) is 1. The molecule has 90 valence electrons. The number of hydrogen-bond donors (Lipinski definition) is 1. The van der Waals surface area contributed by atoms with Crippen LogP contribution in [0.4, 0.5) is 11.5 Å². The van der Waals surface area contributed by atoms with Crippen molar-refractivity contribution in [1.82, 2.24) is 9.97 Å². The molecule has 0 saturated heterocycles. The van der Waals surface area contributed by atoms with Gasteiger partial charge < -0.3 is 10.5 Å². The van der Waals surface area contributed by atoms with E-state index in [0.29, 0.717) is 17.4 Å². The molecule has 1 aliphatic rings. The van der Waals surface area contributed by atoms with Crippen molar-refractivity contribution in [2.75, 3.05) is 5.73 Å². The first-order chi connectivity index (χ1) is 8.75. The summed E-state index contributed by atoms with van der Waals surface area (Å²) >= 11 is 0. The van der Waals surface area contributed by atoms with Gasteiger partial charge in [-0.3, -0.25) is 0 Å². The molecule has 2 heterocycles. The summed E-state index contributed by atoms with van der Waals surface area (Å²) in [5.41, 5.74) is 8.15. The van der Waals surface area contributed by atoms with Gasteiger partial charge in [0.15, 0.2) is 11.5 Å². The van der Waals surface area contributed by atoms with E-state index in [1.807, 2.05) is 37.3 Å². The number of fused-ring (bicyclic) bond motifs is 1. The van der Waals surface area contributed by atoms with Gasteiger partial charge in [-0.05, 0) is 12.5 Å². The van der Waals surface area contributed by atoms with E-state index in [1.165, 1.54) is 6.33 Å². The number of anilines is 1. The van der Waals surface area contributed by atoms with Gasteiger partial charge in [-0.25, -0.2) is 9.98 Å². The van der Waals surface area contributed by atoms with Crippen LogP contribution in [-0.4, -0.2) is 21.8 Å². The first-order valence-electron chi connectivity index (χ1n) is 5.67. The number of nitrogen functional groups attached to an aromatic ring is 1. The summed E-state index contributed by atoms with van der Waals surface area (Å²) in [5, 5.41) is 0. The van der Waals surface area contributed by atoms with Gasteiger partial charge in [-0.15, -0.1) is 0 Å². The molecule has 0 aliphatic carbocycles. The second-order valence-corrected chi connectivity index (χ2v) is 4.04. The Balaban J connectivity index is 2.14. The van der Waals surface area contributed by atoms with Crippen LogP contribution in [0.5, 0.6) is 5.88 Å². The molecule has 1 aromatic heterocycles. The molecule has 2 aromatic rings. The van der Waals surface area contributed by atoms with Crippen LogP contribution in [0.2, 0.25) is 0 Å². The smallest absolute Gasteiger partial charge is 0.246 e. The van der Waals surface area contributed by atoms with E-state index in [-0.39, 0.29) is 6.10 Å². The number of aliphatic imine (C=N–C) groups is 1. The molecule has 18 heavy (non-hydrogen) atoms. The van der Waals surface area contributed by atoms with E-state index < -0.39 is 0 Å². The third-order valence-electron chi connectivity index (χ3n) is 2.79. The van der Waals surface area contributed by atoms with Crippen molar-refractivity contribution in [2.45, 2.75) is 13.0 Å². The Morgan fingerprint density at radius 1 is 1.17 bits per heavy atom. The molecule has 2 N–H and O–H groups in total. The maximum atomic E-state index is 5.79. The molecule has 0 bridgehead atoms. The average Bonchev–Trinajstić information content (AvgIpc) is 2.39. The normalized spacial score (nSPS) is 17.6. The maximum absolute atomic E-state index is 5.79. The fraction of sp³-hybridized carbons (Fsp3) is 0.154. The van der Waals surface area contributed by atoms with Crippen molar-refractivity contribution < 1.29 is 4.74 Å². The van der Waals surface area contributed by atoms with Gasteiger partial charge in [0.25, 0.3) is 0 Å². The lowest BCUT2D eigenvalue weighted by Gasteiger charge is -2.22. The lowest BCUT2D eigenvalue weighted by atomic mass is 10.1. The van der Waals surface area contributed by atoms with Gasteiger partial charge in [0.05, 0.1) is 5.71 Å². The molecule has 0 amide bonds. The van der Waals surface area contributed by atoms with Crippen molar-refractivity contribution in [3.63, 3.8) is 0 Å². The molecule has 1 unspecified atom stereocenters. The molecule has 1 atom stereocenters. The summed E-state index contributed by atoms with van der Waals surface area (Å²) in [5.74, 6) is 0.773. The minimum absolute atomic E-state index is 0.158. The Morgan fingerprint density at radius 3 is 2.72 bits per heavy atom. The van der Waals surface area contributed by atoms with E-state index in [9.17, 15) is 0 Å². The standard InChI is InChI=1S/C13H12N4O/c1-8-10(9-5-3-2-4-6-9)17-11-12(14)15-7-16-13(11)18-8/h2-8H,1H3,(H2,14,15,16). The second kappa shape index (κ2) is 4.10. The zero-order valence-corrected chi connectivity index (χ0v) is 9.87. The predicted molar refractivity (Wildman–Crippen MR) is 69.2 cm³/mol. The Kier molecular flexibility index (Phi) is 2.44. The first kappa shape index (κ1) is 10.7. The first-order valence-corrected chi connectivity index (χ1v) is 5.67. The van der Waals surface area contributed by atoms with Crippen LogP contribution in [0.25, 0.3) is 0 Å². The van der Waals surface area contributed by atoms with Gasteiger partial charge in [0, 0.05) is 0 Å². The third kappa shape index (κ3) is 1.69. The van der Waals surface area contributed by atoms with Crippen molar-refractivity contribution in [3.8, 4) is 5.88 Å². The largest absolute Gasteiger partial charge is 0.466 e. The zero-order chi connectivity index (χ0) is 12.5. The molecule has 5 heteroatoms. The van der Waals surface area contributed by atoms with Gasteiger partial charge in [0.1, 0.15) is 12.4 Å². The second-order valence-electron chi connectivity index (χ2n) is 4.04. The highest BCUT2D eigenvalue weighted by Crippen LogP contribution is 2.35. The topological polar surface area (TPSA) is 73.4 Å². The highest BCUT2D eigenvalue weighted by Gasteiger charge is 2.24. The molecule has 0 fully saturated rings. The van der Waals surface area contributed by atoms with Crippen molar-refractivity contribution in [1.29, 1.82) is 0 Å². The summed E-state index contributed by atoms with van der Waals surface area (Å²) in [6.07, 6.45) is 1.22. The molecule has 0 saturated carbocycles. The number of benzene rings is 1. The summed E-state index contributed by atoms with van der Waals surface area (Å²) in [6, 6.07) is 9.87. The number of rotatable bonds is 1. The molecule has 3 rings (SSSR count). The molecule has 1 aliphatic heterocycles. The molecular weight excluding hydrogens is 228 g/mol. The Morgan fingerprint density at radius 2 is 1.94 bits per heavy atom. The van der Waals surface area contributed by atoms with Gasteiger partial charge in [-0.1, -0.05) is 30.3 Å². The highest BCUT2D eigenvalue weighted by atomic mass is 16.5. The monoisotopic (exact) mass is 240 g/mol.